The van der Waals surface area contributed by atoms with Crippen molar-refractivity contribution in [2.75, 3.05) is 18.4 Å². The second-order valence-electron chi connectivity index (χ2n) is 8.10. The lowest BCUT2D eigenvalue weighted by atomic mass is 10.1. The molecule has 2 aromatic carbocycles. The van der Waals surface area contributed by atoms with E-state index in [2.05, 4.69) is 10.5 Å². The summed E-state index contributed by atoms with van der Waals surface area (Å²) in [6.07, 6.45) is -0.378. The molecule has 2 heterocycles. The van der Waals surface area contributed by atoms with Crippen molar-refractivity contribution in [1.29, 1.82) is 0 Å². The van der Waals surface area contributed by atoms with Crippen LogP contribution in [0.1, 0.15) is 29.9 Å². The van der Waals surface area contributed by atoms with Gasteiger partial charge in [-0.3, -0.25) is 4.79 Å². The standard InChI is InChI=1S/C23H24FN3O5S/c1-14-4-5-17(10-20(14)24)22-11-21(26-32-22)23(28)25-18-6-8-19(9-7-18)33(29,30)27-12-15(2)31-16(3)13-27/h4-11,15-16H,12-13H2,1-3H3,(H,25,28). The zero-order valence-electron chi connectivity index (χ0n) is 18.4. The normalized spacial score (nSPS) is 19.4. The second-order valence-corrected chi connectivity index (χ2v) is 10.0. The molecule has 1 saturated heterocycles. The summed E-state index contributed by atoms with van der Waals surface area (Å²) < 4.78 is 51.9. The van der Waals surface area contributed by atoms with Crippen LogP contribution in [-0.2, 0) is 14.8 Å². The number of ether oxygens (including phenoxy) is 1. The number of sulfonamides is 1. The third-order valence-electron chi connectivity index (χ3n) is 5.34. The minimum absolute atomic E-state index is 0.0129. The van der Waals surface area contributed by atoms with Crippen LogP contribution in [0, 0.1) is 12.7 Å². The first-order valence-electron chi connectivity index (χ1n) is 10.4. The van der Waals surface area contributed by atoms with E-state index in [1.807, 2.05) is 13.8 Å². The third-order valence-corrected chi connectivity index (χ3v) is 7.18. The van der Waals surface area contributed by atoms with Gasteiger partial charge < -0.3 is 14.6 Å². The van der Waals surface area contributed by atoms with Crippen LogP contribution in [0.5, 0.6) is 0 Å². The van der Waals surface area contributed by atoms with Gasteiger partial charge in [0.1, 0.15) is 5.82 Å². The Kier molecular flexibility index (Phi) is 6.33. The molecular weight excluding hydrogens is 449 g/mol. The van der Waals surface area contributed by atoms with Crippen molar-refractivity contribution in [3.05, 3.63) is 65.6 Å². The molecule has 4 rings (SSSR count). The first-order chi connectivity index (χ1) is 15.6. The van der Waals surface area contributed by atoms with Crippen LogP contribution in [0.3, 0.4) is 0 Å². The Bertz CT molecular complexity index is 1260. The fourth-order valence-electron chi connectivity index (χ4n) is 3.65. The minimum Gasteiger partial charge on any atom is -0.373 e. The van der Waals surface area contributed by atoms with Crippen molar-refractivity contribution in [3.63, 3.8) is 0 Å². The number of carbonyl (C=O) groups excluding carboxylic acids is 1. The quantitative estimate of drug-likeness (QED) is 0.604. The SMILES string of the molecule is Cc1ccc(-c2cc(C(=O)Nc3ccc(S(=O)(=O)N4CC(C)OC(C)C4)cc3)no2)cc1F. The summed E-state index contributed by atoms with van der Waals surface area (Å²) in [6, 6.07) is 11.9. The molecule has 1 aliphatic heterocycles. The summed E-state index contributed by atoms with van der Waals surface area (Å²) in [5, 5.41) is 6.40. The first kappa shape index (κ1) is 23.1. The highest BCUT2D eigenvalue weighted by atomic mass is 32.2. The highest BCUT2D eigenvalue weighted by molar-refractivity contribution is 7.89. The molecule has 10 heteroatoms. The number of carbonyl (C=O) groups is 1. The van der Waals surface area contributed by atoms with E-state index in [4.69, 9.17) is 9.26 Å². The lowest BCUT2D eigenvalue weighted by Gasteiger charge is -2.34. The number of nitrogens with one attached hydrogen (secondary N) is 1. The molecule has 0 bridgehead atoms. The van der Waals surface area contributed by atoms with E-state index >= 15 is 0 Å². The van der Waals surface area contributed by atoms with Crippen LogP contribution in [0.2, 0.25) is 0 Å². The molecule has 0 saturated carbocycles. The molecule has 1 amide bonds. The molecule has 3 aromatic rings. The van der Waals surface area contributed by atoms with Gasteiger partial charge in [-0.1, -0.05) is 17.3 Å². The number of anilines is 1. The highest BCUT2D eigenvalue weighted by Crippen LogP contribution is 2.25. The topological polar surface area (TPSA) is 102 Å². The van der Waals surface area contributed by atoms with Crippen LogP contribution in [-0.4, -0.2) is 49.1 Å². The molecular formula is C23H24FN3O5S. The summed E-state index contributed by atoms with van der Waals surface area (Å²) in [5.41, 5.74) is 1.37. The zero-order valence-corrected chi connectivity index (χ0v) is 19.2. The molecule has 0 radical (unpaired) electrons. The van der Waals surface area contributed by atoms with Gasteiger partial charge in [0.05, 0.1) is 17.1 Å². The van der Waals surface area contributed by atoms with Gasteiger partial charge in [0, 0.05) is 30.4 Å². The number of hydrogen-bond acceptors (Lipinski definition) is 6. The van der Waals surface area contributed by atoms with Crippen LogP contribution >= 0.6 is 0 Å². The number of rotatable bonds is 5. The van der Waals surface area contributed by atoms with Crippen molar-refractivity contribution in [3.8, 4) is 11.3 Å². The van der Waals surface area contributed by atoms with Gasteiger partial charge in [0.2, 0.25) is 10.0 Å². The Labute approximate surface area is 191 Å². The first-order valence-corrected chi connectivity index (χ1v) is 11.9. The van der Waals surface area contributed by atoms with E-state index in [1.165, 1.54) is 40.7 Å². The molecule has 1 N–H and O–H groups in total. The van der Waals surface area contributed by atoms with Crippen molar-refractivity contribution < 1.29 is 26.9 Å². The Hall–Kier alpha value is -3.08. The number of aryl methyl sites for hydroxylation is 1. The molecule has 0 aliphatic carbocycles. The predicted octanol–water partition coefficient (Wildman–Crippen LogP) is 3.84. The summed E-state index contributed by atoms with van der Waals surface area (Å²) in [6.45, 7) is 5.88. The summed E-state index contributed by atoms with van der Waals surface area (Å²) in [7, 11) is -3.68. The monoisotopic (exact) mass is 473 g/mol. The smallest absolute Gasteiger partial charge is 0.277 e. The third kappa shape index (κ3) is 4.97. The molecule has 1 aromatic heterocycles. The van der Waals surface area contributed by atoms with Gasteiger partial charge in [0.15, 0.2) is 11.5 Å². The molecule has 33 heavy (non-hydrogen) atoms. The van der Waals surface area contributed by atoms with Crippen LogP contribution in [0.15, 0.2) is 57.9 Å². The summed E-state index contributed by atoms with van der Waals surface area (Å²) in [5.74, 6) is -0.663. The number of benzene rings is 2. The van der Waals surface area contributed by atoms with E-state index in [9.17, 15) is 17.6 Å². The van der Waals surface area contributed by atoms with Crippen molar-refractivity contribution in [2.45, 2.75) is 37.9 Å². The maximum absolute atomic E-state index is 13.8. The van der Waals surface area contributed by atoms with E-state index in [0.717, 1.165) is 0 Å². The second kappa shape index (κ2) is 9.05. The molecule has 0 spiro atoms. The molecule has 2 unspecified atom stereocenters. The number of morpholine rings is 1. The lowest BCUT2D eigenvalue weighted by Crippen LogP contribution is -2.48. The molecule has 2 atom stereocenters. The number of halogens is 1. The molecule has 174 valence electrons. The van der Waals surface area contributed by atoms with Gasteiger partial charge in [-0.25, -0.2) is 12.8 Å². The van der Waals surface area contributed by atoms with Crippen molar-refractivity contribution in [1.82, 2.24) is 9.46 Å². The van der Waals surface area contributed by atoms with Gasteiger partial charge in [-0.2, -0.15) is 4.31 Å². The molecule has 1 aliphatic rings. The fraction of sp³-hybridized carbons (Fsp3) is 0.304. The van der Waals surface area contributed by atoms with Gasteiger partial charge in [-0.15, -0.1) is 0 Å². The Morgan fingerprint density at radius 2 is 1.76 bits per heavy atom. The van der Waals surface area contributed by atoms with Crippen LogP contribution in [0.4, 0.5) is 10.1 Å². The Morgan fingerprint density at radius 3 is 2.39 bits per heavy atom. The zero-order chi connectivity index (χ0) is 23.8. The van der Waals surface area contributed by atoms with Gasteiger partial charge in [-0.05, 0) is 56.7 Å². The van der Waals surface area contributed by atoms with Gasteiger partial charge >= 0.3 is 0 Å². The number of hydrogen-bond donors (Lipinski definition) is 1. The maximum Gasteiger partial charge on any atom is 0.277 e. The number of aromatic nitrogens is 1. The average Bonchev–Trinajstić information content (AvgIpc) is 3.26. The highest BCUT2D eigenvalue weighted by Gasteiger charge is 2.32. The largest absolute Gasteiger partial charge is 0.373 e. The molecule has 8 nitrogen and oxygen atoms in total. The minimum atomic E-state index is -3.68. The Balaban J connectivity index is 1.45. The van der Waals surface area contributed by atoms with Crippen molar-refractivity contribution >= 4 is 21.6 Å². The Morgan fingerprint density at radius 1 is 1.09 bits per heavy atom. The van der Waals surface area contributed by atoms with Gasteiger partial charge in [0.25, 0.3) is 5.91 Å². The average molecular weight is 474 g/mol. The number of amides is 1. The van der Waals surface area contributed by atoms with Crippen LogP contribution in [0.25, 0.3) is 11.3 Å². The predicted molar refractivity (Wildman–Crippen MR) is 120 cm³/mol. The van der Waals surface area contributed by atoms with E-state index in [0.29, 0.717) is 16.8 Å². The lowest BCUT2D eigenvalue weighted by molar-refractivity contribution is -0.0440. The van der Waals surface area contributed by atoms with E-state index in [-0.39, 0.29) is 47.5 Å². The maximum atomic E-state index is 13.8. The van der Waals surface area contributed by atoms with Crippen molar-refractivity contribution in [2.24, 2.45) is 0 Å². The van der Waals surface area contributed by atoms with Crippen LogP contribution < -0.4 is 5.32 Å². The summed E-state index contributed by atoms with van der Waals surface area (Å²) in [4.78, 5) is 12.7. The number of nitrogens with zero attached hydrogens (tertiary/aromatic N) is 2. The molecule has 1 fully saturated rings. The van der Waals surface area contributed by atoms with E-state index < -0.39 is 15.9 Å². The fourth-order valence-corrected chi connectivity index (χ4v) is 5.24. The summed E-state index contributed by atoms with van der Waals surface area (Å²) >= 11 is 0. The van der Waals surface area contributed by atoms with E-state index in [1.54, 1.807) is 19.1 Å².